The first-order valence-corrected chi connectivity index (χ1v) is 6.41. The van der Waals surface area contributed by atoms with Crippen molar-refractivity contribution in [3.63, 3.8) is 0 Å². The van der Waals surface area contributed by atoms with Crippen LogP contribution in [0.3, 0.4) is 0 Å². The van der Waals surface area contributed by atoms with E-state index in [-0.39, 0.29) is 11.8 Å². The number of nitrogens with zero attached hydrogens (tertiary/aromatic N) is 1. The molecule has 0 spiro atoms. The molecule has 1 aliphatic rings. The van der Waals surface area contributed by atoms with Crippen molar-refractivity contribution in [3.05, 3.63) is 34.3 Å². The molecule has 3 rings (SSSR count). The van der Waals surface area contributed by atoms with E-state index in [9.17, 15) is 4.79 Å². The van der Waals surface area contributed by atoms with Gasteiger partial charge in [0, 0.05) is 17.1 Å². The Morgan fingerprint density at radius 1 is 1.42 bits per heavy atom. The number of hydrogen-bond acceptors (Lipinski definition) is 6. The van der Waals surface area contributed by atoms with Crippen LogP contribution in [0.1, 0.15) is 15.5 Å². The molecule has 0 saturated heterocycles. The summed E-state index contributed by atoms with van der Waals surface area (Å²) in [5.74, 6) is 0.432. The summed E-state index contributed by atoms with van der Waals surface area (Å²) in [7, 11) is 0. The highest BCUT2D eigenvalue weighted by Crippen LogP contribution is 2.34. The van der Waals surface area contributed by atoms with E-state index in [1.165, 1.54) is 0 Å². The van der Waals surface area contributed by atoms with Gasteiger partial charge in [-0.1, -0.05) is 0 Å². The van der Waals surface area contributed by atoms with Gasteiger partial charge >= 0.3 is 5.97 Å². The third-order valence-electron chi connectivity index (χ3n) is 2.58. The molecule has 7 heteroatoms. The molecule has 0 radical (unpaired) electrons. The molecule has 0 aliphatic carbocycles. The van der Waals surface area contributed by atoms with E-state index >= 15 is 0 Å². The number of ether oxygens (including phenoxy) is 2. The second-order valence-electron chi connectivity index (χ2n) is 3.87. The molecule has 0 saturated carbocycles. The third-order valence-corrected chi connectivity index (χ3v) is 3.46. The molecular weight excluding hydrogens is 268 g/mol. The molecule has 2 N–H and O–H groups in total. The van der Waals surface area contributed by atoms with Crippen molar-refractivity contribution >= 4 is 23.0 Å². The van der Waals surface area contributed by atoms with E-state index in [0.717, 1.165) is 22.8 Å². The van der Waals surface area contributed by atoms with Gasteiger partial charge in [-0.05, 0) is 12.1 Å². The zero-order chi connectivity index (χ0) is 13.2. The molecule has 0 amide bonds. The zero-order valence-electron chi connectivity index (χ0n) is 9.75. The minimum Gasteiger partial charge on any atom is -0.476 e. The van der Waals surface area contributed by atoms with Gasteiger partial charge in [0.25, 0.3) is 0 Å². The van der Waals surface area contributed by atoms with E-state index in [2.05, 4.69) is 10.3 Å². The predicted octanol–water partition coefficient (Wildman–Crippen LogP) is 2.18. The van der Waals surface area contributed by atoms with E-state index < -0.39 is 5.97 Å². The second kappa shape index (κ2) is 4.77. The van der Waals surface area contributed by atoms with Gasteiger partial charge in [-0.15, -0.1) is 11.3 Å². The van der Waals surface area contributed by atoms with Crippen LogP contribution in [0.4, 0.5) is 5.69 Å². The third kappa shape index (κ3) is 2.45. The average molecular weight is 278 g/mol. The van der Waals surface area contributed by atoms with Crippen LogP contribution >= 0.6 is 11.3 Å². The molecule has 0 bridgehead atoms. The fourth-order valence-corrected chi connectivity index (χ4v) is 2.34. The first-order valence-electron chi connectivity index (χ1n) is 5.53. The quantitative estimate of drug-likeness (QED) is 0.892. The first kappa shape index (κ1) is 11.8. The maximum Gasteiger partial charge on any atom is 0.365 e. The maximum atomic E-state index is 10.7. The van der Waals surface area contributed by atoms with Crippen LogP contribution < -0.4 is 14.8 Å². The fraction of sp³-hybridized carbons (Fsp3) is 0.167. The Morgan fingerprint density at radius 2 is 2.26 bits per heavy atom. The summed E-state index contributed by atoms with van der Waals surface area (Å²) in [5.41, 5.74) is 1.56. The number of carbonyl (C=O) groups is 1. The largest absolute Gasteiger partial charge is 0.476 e. The van der Waals surface area contributed by atoms with E-state index in [1.807, 2.05) is 18.2 Å². The van der Waals surface area contributed by atoms with Gasteiger partial charge in [-0.2, -0.15) is 0 Å². The molecule has 19 heavy (non-hydrogen) atoms. The topological polar surface area (TPSA) is 80.7 Å². The number of hydrogen-bond donors (Lipinski definition) is 2. The van der Waals surface area contributed by atoms with Crippen molar-refractivity contribution in [2.24, 2.45) is 0 Å². The van der Waals surface area contributed by atoms with Crippen molar-refractivity contribution in [2.45, 2.75) is 6.54 Å². The first-order chi connectivity index (χ1) is 9.22. The highest BCUT2D eigenvalue weighted by Gasteiger charge is 2.13. The summed E-state index contributed by atoms with van der Waals surface area (Å²) in [4.78, 5) is 14.7. The van der Waals surface area contributed by atoms with Crippen LogP contribution in [0.15, 0.2) is 23.6 Å². The van der Waals surface area contributed by atoms with Crippen LogP contribution in [0.25, 0.3) is 0 Å². The lowest BCUT2D eigenvalue weighted by Gasteiger charge is -2.05. The Balaban J connectivity index is 1.67. The van der Waals surface area contributed by atoms with Crippen molar-refractivity contribution in [1.29, 1.82) is 0 Å². The molecule has 0 atom stereocenters. The highest BCUT2D eigenvalue weighted by atomic mass is 32.1. The number of aromatic carboxylic acids is 1. The van der Waals surface area contributed by atoms with Gasteiger partial charge in [-0.3, -0.25) is 0 Å². The molecule has 2 aromatic rings. The number of aromatic nitrogens is 1. The summed E-state index contributed by atoms with van der Waals surface area (Å²) in [5, 5.41) is 13.8. The second-order valence-corrected chi connectivity index (χ2v) is 4.73. The smallest absolute Gasteiger partial charge is 0.365 e. The van der Waals surface area contributed by atoms with Crippen LogP contribution in [0, 0.1) is 0 Å². The van der Waals surface area contributed by atoms with Crippen molar-refractivity contribution in [3.8, 4) is 11.5 Å². The Labute approximate surface area is 112 Å². The molecule has 0 unspecified atom stereocenters. The molecule has 1 aliphatic heterocycles. The number of fused-ring (bicyclic) bond motifs is 1. The monoisotopic (exact) mass is 278 g/mol. The maximum absolute atomic E-state index is 10.7. The number of carboxylic acid groups (broad SMARTS) is 1. The van der Waals surface area contributed by atoms with Gasteiger partial charge in [0.1, 0.15) is 0 Å². The van der Waals surface area contributed by atoms with Gasteiger partial charge < -0.3 is 19.9 Å². The van der Waals surface area contributed by atoms with E-state index in [4.69, 9.17) is 14.6 Å². The van der Waals surface area contributed by atoms with Gasteiger partial charge in [0.2, 0.25) is 11.8 Å². The van der Waals surface area contributed by atoms with Crippen molar-refractivity contribution in [2.75, 3.05) is 12.1 Å². The lowest BCUT2D eigenvalue weighted by molar-refractivity contribution is 0.0696. The SMILES string of the molecule is O=C(O)c1nc(CNc2ccc3c(c2)OCO3)cs1. The van der Waals surface area contributed by atoms with Gasteiger partial charge in [-0.25, -0.2) is 9.78 Å². The Hall–Kier alpha value is -2.28. The van der Waals surface area contributed by atoms with Crippen molar-refractivity contribution in [1.82, 2.24) is 4.98 Å². The number of anilines is 1. The lowest BCUT2D eigenvalue weighted by atomic mass is 10.2. The predicted molar refractivity (Wildman–Crippen MR) is 69.0 cm³/mol. The number of carboxylic acids is 1. The van der Waals surface area contributed by atoms with Crippen LogP contribution in [0.5, 0.6) is 11.5 Å². The molecule has 1 aromatic heterocycles. The minimum absolute atomic E-state index is 0.0995. The fourth-order valence-electron chi connectivity index (χ4n) is 1.69. The number of benzene rings is 1. The highest BCUT2D eigenvalue weighted by molar-refractivity contribution is 7.11. The standard InChI is InChI=1S/C12H10N2O4S/c15-12(16)11-14-8(5-19-11)4-13-7-1-2-9-10(3-7)18-6-17-9/h1-3,5,13H,4,6H2,(H,15,16). The molecular formula is C12H10N2O4S. The molecule has 1 aromatic carbocycles. The Kier molecular flexibility index (Phi) is 2.96. The van der Waals surface area contributed by atoms with Crippen LogP contribution in [-0.4, -0.2) is 22.9 Å². The van der Waals surface area contributed by atoms with Gasteiger partial charge in [0.05, 0.1) is 12.2 Å². The summed E-state index contributed by atoms with van der Waals surface area (Å²) >= 11 is 1.12. The zero-order valence-corrected chi connectivity index (χ0v) is 10.6. The average Bonchev–Trinajstić information content (AvgIpc) is 3.04. The van der Waals surface area contributed by atoms with Crippen LogP contribution in [-0.2, 0) is 6.54 Å². The molecule has 2 heterocycles. The van der Waals surface area contributed by atoms with E-state index in [1.54, 1.807) is 5.38 Å². The lowest BCUT2D eigenvalue weighted by Crippen LogP contribution is -2.01. The Morgan fingerprint density at radius 3 is 3.05 bits per heavy atom. The summed E-state index contributed by atoms with van der Waals surface area (Å²) in [6.45, 7) is 0.705. The number of thiazole rings is 1. The summed E-state index contributed by atoms with van der Waals surface area (Å²) in [6.07, 6.45) is 0. The van der Waals surface area contributed by atoms with Crippen molar-refractivity contribution < 1.29 is 19.4 Å². The Bertz CT molecular complexity index is 626. The minimum atomic E-state index is -1.00. The summed E-state index contributed by atoms with van der Waals surface area (Å²) < 4.78 is 10.5. The summed E-state index contributed by atoms with van der Waals surface area (Å²) in [6, 6.07) is 5.54. The number of rotatable bonds is 4. The van der Waals surface area contributed by atoms with Crippen LogP contribution in [0.2, 0.25) is 0 Å². The molecule has 6 nitrogen and oxygen atoms in total. The normalized spacial score (nSPS) is 12.4. The molecule has 0 fully saturated rings. The van der Waals surface area contributed by atoms with E-state index in [0.29, 0.717) is 18.0 Å². The number of nitrogens with one attached hydrogen (secondary N) is 1. The van der Waals surface area contributed by atoms with Gasteiger partial charge in [0.15, 0.2) is 11.5 Å². The molecule has 98 valence electrons.